The summed E-state index contributed by atoms with van der Waals surface area (Å²) < 4.78 is 10.5. The van der Waals surface area contributed by atoms with Crippen molar-refractivity contribution in [3.63, 3.8) is 0 Å². The highest BCUT2D eigenvalue weighted by Gasteiger charge is 2.26. The van der Waals surface area contributed by atoms with Crippen molar-refractivity contribution >= 4 is 5.97 Å². The van der Waals surface area contributed by atoms with Crippen LogP contribution in [-0.4, -0.2) is 38.9 Å². The van der Waals surface area contributed by atoms with Crippen LogP contribution < -0.4 is 5.32 Å². The van der Waals surface area contributed by atoms with Crippen LogP contribution in [0.4, 0.5) is 0 Å². The number of carbonyl (C=O) groups is 1. The van der Waals surface area contributed by atoms with Crippen LogP contribution in [0.25, 0.3) is 0 Å². The van der Waals surface area contributed by atoms with E-state index in [1.54, 1.807) is 0 Å². The standard InChI is InChI=1S/C14H27NO3/c1-12(2)6-7-15-8-9-17-10-11-18-14(16)13-4-3-5-13/h12-13,15H,3-11H2,1-2H3. The Labute approximate surface area is 110 Å². The fourth-order valence-electron chi connectivity index (χ4n) is 1.73. The molecular formula is C14H27NO3. The van der Waals surface area contributed by atoms with Gasteiger partial charge in [0.1, 0.15) is 6.61 Å². The average Bonchev–Trinajstić information content (AvgIpc) is 2.24. The van der Waals surface area contributed by atoms with Gasteiger partial charge in [-0.2, -0.15) is 0 Å². The summed E-state index contributed by atoms with van der Waals surface area (Å²) in [5, 5.41) is 3.32. The zero-order valence-corrected chi connectivity index (χ0v) is 11.7. The van der Waals surface area contributed by atoms with E-state index in [9.17, 15) is 4.79 Å². The molecule has 0 aliphatic heterocycles. The van der Waals surface area contributed by atoms with Crippen LogP contribution in [0, 0.1) is 11.8 Å². The molecule has 106 valence electrons. The molecular weight excluding hydrogens is 230 g/mol. The second kappa shape index (κ2) is 9.34. The predicted octanol–water partition coefficient (Wildman–Crippen LogP) is 1.98. The Bertz CT molecular complexity index is 227. The SMILES string of the molecule is CC(C)CCNCCOCCOC(=O)C1CCC1. The lowest BCUT2D eigenvalue weighted by molar-refractivity contribution is -0.152. The van der Waals surface area contributed by atoms with Gasteiger partial charge in [-0.05, 0) is 31.7 Å². The van der Waals surface area contributed by atoms with Gasteiger partial charge in [-0.1, -0.05) is 20.3 Å². The van der Waals surface area contributed by atoms with Gasteiger partial charge in [0.05, 0.1) is 19.1 Å². The first-order valence-electron chi connectivity index (χ1n) is 7.15. The van der Waals surface area contributed by atoms with Crippen LogP contribution in [-0.2, 0) is 14.3 Å². The molecule has 0 radical (unpaired) electrons. The predicted molar refractivity (Wildman–Crippen MR) is 71.4 cm³/mol. The third-order valence-electron chi connectivity index (χ3n) is 3.23. The number of ether oxygens (including phenoxy) is 2. The van der Waals surface area contributed by atoms with E-state index in [0.29, 0.717) is 19.8 Å². The smallest absolute Gasteiger partial charge is 0.309 e. The largest absolute Gasteiger partial charge is 0.463 e. The highest BCUT2D eigenvalue weighted by Crippen LogP contribution is 2.27. The third-order valence-corrected chi connectivity index (χ3v) is 3.23. The number of hydrogen-bond acceptors (Lipinski definition) is 4. The molecule has 1 fully saturated rings. The molecule has 0 aromatic carbocycles. The minimum atomic E-state index is -0.0418. The van der Waals surface area contributed by atoms with Gasteiger partial charge in [0.25, 0.3) is 0 Å². The van der Waals surface area contributed by atoms with Crippen molar-refractivity contribution in [3.8, 4) is 0 Å². The van der Waals surface area contributed by atoms with Crippen LogP contribution in [0.5, 0.6) is 0 Å². The van der Waals surface area contributed by atoms with Crippen LogP contribution in [0.1, 0.15) is 39.5 Å². The fourth-order valence-corrected chi connectivity index (χ4v) is 1.73. The Morgan fingerprint density at radius 2 is 2.00 bits per heavy atom. The third kappa shape index (κ3) is 6.97. The summed E-state index contributed by atoms with van der Waals surface area (Å²) >= 11 is 0. The van der Waals surface area contributed by atoms with Gasteiger partial charge in [0.2, 0.25) is 0 Å². The molecule has 1 N–H and O–H groups in total. The zero-order valence-electron chi connectivity index (χ0n) is 11.7. The number of esters is 1. The van der Waals surface area contributed by atoms with E-state index >= 15 is 0 Å². The average molecular weight is 257 g/mol. The van der Waals surface area contributed by atoms with Gasteiger partial charge >= 0.3 is 5.97 Å². The number of hydrogen-bond donors (Lipinski definition) is 1. The lowest BCUT2D eigenvalue weighted by Crippen LogP contribution is -2.26. The van der Waals surface area contributed by atoms with Gasteiger partial charge in [0, 0.05) is 6.54 Å². The minimum Gasteiger partial charge on any atom is -0.463 e. The molecule has 4 heteroatoms. The first kappa shape index (κ1) is 15.4. The monoisotopic (exact) mass is 257 g/mol. The van der Waals surface area contributed by atoms with Crippen LogP contribution in [0.2, 0.25) is 0 Å². The Morgan fingerprint density at radius 3 is 2.61 bits per heavy atom. The number of carbonyl (C=O) groups excluding carboxylic acids is 1. The summed E-state index contributed by atoms with van der Waals surface area (Å²) in [7, 11) is 0. The molecule has 1 rings (SSSR count). The van der Waals surface area contributed by atoms with Gasteiger partial charge in [0.15, 0.2) is 0 Å². The highest BCUT2D eigenvalue weighted by atomic mass is 16.6. The van der Waals surface area contributed by atoms with Crippen LogP contribution in [0.15, 0.2) is 0 Å². The Balaban J connectivity index is 1.77. The molecule has 0 amide bonds. The maximum Gasteiger partial charge on any atom is 0.309 e. The summed E-state index contributed by atoms with van der Waals surface area (Å²) in [6, 6.07) is 0. The van der Waals surface area contributed by atoms with Crippen molar-refractivity contribution in [1.29, 1.82) is 0 Å². The van der Waals surface area contributed by atoms with E-state index < -0.39 is 0 Å². The van der Waals surface area contributed by atoms with Gasteiger partial charge in [-0.3, -0.25) is 4.79 Å². The van der Waals surface area contributed by atoms with Crippen molar-refractivity contribution < 1.29 is 14.3 Å². The molecule has 1 aliphatic rings. The molecule has 0 spiro atoms. The fraction of sp³-hybridized carbons (Fsp3) is 0.929. The normalized spacial score (nSPS) is 15.7. The molecule has 0 atom stereocenters. The lowest BCUT2D eigenvalue weighted by Gasteiger charge is -2.22. The molecule has 1 saturated carbocycles. The lowest BCUT2D eigenvalue weighted by atomic mass is 9.86. The first-order valence-corrected chi connectivity index (χ1v) is 7.15. The minimum absolute atomic E-state index is 0.0418. The van der Waals surface area contributed by atoms with E-state index in [2.05, 4.69) is 19.2 Å². The second-order valence-electron chi connectivity index (χ2n) is 5.34. The van der Waals surface area contributed by atoms with Crippen molar-refractivity contribution in [2.24, 2.45) is 11.8 Å². The molecule has 18 heavy (non-hydrogen) atoms. The van der Waals surface area contributed by atoms with Crippen molar-refractivity contribution in [1.82, 2.24) is 5.32 Å². The summed E-state index contributed by atoms with van der Waals surface area (Å²) in [6.07, 6.45) is 4.36. The highest BCUT2D eigenvalue weighted by molar-refractivity contribution is 5.73. The van der Waals surface area contributed by atoms with E-state index in [0.717, 1.165) is 38.3 Å². The quantitative estimate of drug-likeness (QED) is 0.480. The van der Waals surface area contributed by atoms with Crippen LogP contribution in [0.3, 0.4) is 0 Å². The van der Waals surface area contributed by atoms with Gasteiger partial charge in [-0.15, -0.1) is 0 Å². The summed E-state index contributed by atoms with van der Waals surface area (Å²) in [6.45, 7) is 7.91. The van der Waals surface area contributed by atoms with Crippen molar-refractivity contribution in [2.75, 3.05) is 32.9 Å². The summed E-state index contributed by atoms with van der Waals surface area (Å²) in [4.78, 5) is 11.4. The molecule has 0 aromatic rings. The number of rotatable bonds is 10. The van der Waals surface area contributed by atoms with Gasteiger partial charge in [-0.25, -0.2) is 0 Å². The zero-order chi connectivity index (χ0) is 13.2. The number of nitrogens with one attached hydrogen (secondary N) is 1. The molecule has 4 nitrogen and oxygen atoms in total. The molecule has 0 unspecified atom stereocenters. The molecule has 1 aliphatic carbocycles. The van der Waals surface area contributed by atoms with Crippen molar-refractivity contribution in [2.45, 2.75) is 39.5 Å². The molecule has 0 saturated heterocycles. The molecule has 0 bridgehead atoms. The van der Waals surface area contributed by atoms with Crippen LogP contribution >= 0.6 is 0 Å². The second-order valence-corrected chi connectivity index (χ2v) is 5.34. The summed E-state index contributed by atoms with van der Waals surface area (Å²) in [5.41, 5.74) is 0. The Kier molecular flexibility index (Phi) is 8.01. The van der Waals surface area contributed by atoms with E-state index in [4.69, 9.17) is 9.47 Å². The first-order chi connectivity index (χ1) is 8.70. The molecule has 0 heterocycles. The topological polar surface area (TPSA) is 47.6 Å². The maximum absolute atomic E-state index is 11.4. The van der Waals surface area contributed by atoms with E-state index in [1.807, 2.05) is 0 Å². The maximum atomic E-state index is 11.4. The van der Waals surface area contributed by atoms with E-state index in [1.165, 1.54) is 6.42 Å². The van der Waals surface area contributed by atoms with Gasteiger partial charge < -0.3 is 14.8 Å². The van der Waals surface area contributed by atoms with E-state index in [-0.39, 0.29) is 11.9 Å². The summed E-state index contributed by atoms with van der Waals surface area (Å²) in [5.74, 6) is 0.868. The Hall–Kier alpha value is -0.610. The Morgan fingerprint density at radius 1 is 1.22 bits per heavy atom. The molecule has 0 aromatic heterocycles. The van der Waals surface area contributed by atoms with Crippen molar-refractivity contribution in [3.05, 3.63) is 0 Å².